The first-order chi connectivity index (χ1) is 13.3. The Balaban J connectivity index is 1.33. The van der Waals surface area contributed by atoms with E-state index in [4.69, 9.17) is 0 Å². The van der Waals surface area contributed by atoms with E-state index in [2.05, 4.69) is 34.9 Å². The summed E-state index contributed by atoms with van der Waals surface area (Å²) in [6.45, 7) is 2.17. The molecule has 4 aromatic heterocycles. The first-order valence-electron chi connectivity index (χ1n) is 8.65. The fraction of sp³-hybridized carbons (Fsp3) is 0.222. The largest absolute Gasteiger partial charge is 0.354 e. The summed E-state index contributed by atoms with van der Waals surface area (Å²) in [5, 5.41) is 4.51. The number of hydrogen-bond acceptors (Lipinski definition) is 7. The van der Waals surface area contributed by atoms with Crippen LogP contribution in [-0.4, -0.2) is 47.8 Å². The molecule has 1 N–H and O–H groups in total. The molecule has 0 amide bonds. The van der Waals surface area contributed by atoms with Crippen molar-refractivity contribution in [1.82, 2.24) is 34.7 Å². The number of hydrogen-bond donors (Lipinski definition) is 1. The molecule has 0 radical (unpaired) electrons. The third-order valence-corrected chi connectivity index (χ3v) is 4.71. The molecular formula is C18H16N8O. The van der Waals surface area contributed by atoms with Crippen molar-refractivity contribution < 1.29 is 0 Å². The molecule has 1 saturated heterocycles. The Bertz CT molecular complexity index is 1150. The van der Waals surface area contributed by atoms with Gasteiger partial charge in [-0.1, -0.05) is 0 Å². The van der Waals surface area contributed by atoms with Crippen LogP contribution in [0.25, 0.3) is 22.4 Å². The topological polar surface area (TPSA) is 105 Å². The monoisotopic (exact) mass is 360 g/mol. The summed E-state index contributed by atoms with van der Waals surface area (Å²) >= 11 is 0. The van der Waals surface area contributed by atoms with E-state index in [1.54, 1.807) is 30.9 Å². The van der Waals surface area contributed by atoms with Gasteiger partial charge in [-0.25, -0.2) is 19.6 Å². The van der Waals surface area contributed by atoms with E-state index in [0.717, 1.165) is 35.7 Å². The van der Waals surface area contributed by atoms with E-state index in [-0.39, 0.29) is 5.56 Å². The zero-order chi connectivity index (χ0) is 18.2. The van der Waals surface area contributed by atoms with Crippen LogP contribution in [0, 0.1) is 5.92 Å². The second-order valence-electron chi connectivity index (χ2n) is 6.55. The Kier molecular flexibility index (Phi) is 3.63. The number of pyridine rings is 1. The molecule has 0 aliphatic carbocycles. The zero-order valence-electron chi connectivity index (χ0n) is 14.4. The van der Waals surface area contributed by atoms with Crippen LogP contribution in [0.4, 0.5) is 5.82 Å². The van der Waals surface area contributed by atoms with E-state index in [0.29, 0.717) is 18.1 Å². The van der Waals surface area contributed by atoms with Crippen molar-refractivity contribution in [1.29, 1.82) is 0 Å². The summed E-state index contributed by atoms with van der Waals surface area (Å²) in [5.74, 6) is 1.17. The van der Waals surface area contributed by atoms with Gasteiger partial charge in [0.2, 0.25) is 0 Å². The van der Waals surface area contributed by atoms with Gasteiger partial charge in [0, 0.05) is 43.0 Å². The maximum Gasteiger partial charge on any atom is 0.266 e. The Morgan fingerprint density at radius 3 is 2.93 bits per heavy atom. The summed E-state index contributed by atoms with van der Waals surface area (Å²) in [6, 6.07) is 7.08. The molecular weight excluding hydrogens is 344 g/mol. The normalized spacial score (nSPS) is 14.4. The van der Waals surface area contributed by atoms with Crippen molar-refractivity contribution in [3.8, 4) is 11.3 Å². The van der Waals surface area contributed by atoms with Gasteiger partial charge in [0.1, 0.15) is 11.8 Å². The Hall–Kier alpha value is -3.62. The lowest BCUT2D eigenvalue weighted by molar-refractivity contribution is 0.334. The van der Waals surface area contributed by atoms with Gasteiger partial charge in [-0.3, -0.25) is 9.78 Å². The van der Waals surface area contributed by atoms with E-state index < -0.39 is 0 Å². The van der Waals surface area contributed by atoms with Crippen molar-refractivity contribution in [2.45, 2.75) is 6.54 Å². The number of imidazole rings is 1. The predicted octanol–water partition coefficient (Wildman–Crippen LogP) is 1.11. The highest BCUT2D eigenvalue weighted by Crippen LogP contribution is 2.27. The van der Waals surface area contributed by atoms with Crippen molar-refractivity contribution in [2.24, 2.45) is 5.92 Å². The molecule has 134 valence electrons. The number of nitrogens with one attached hydrogen (secondary N) is 1. The van der Waals surface area contributed by atoms with E-state index in [9.17, 15) is 4.79 Å². The average Bonchev–Trinajstić information content (AvgIpc) is 3.15. The highest BCUT2D eigenvalue weighted by Gasteiger charge is 2.30. The third kappa shape index (κ3) is 2.82. The molecule has 0 spiro atoms. The van der Waals surface area contributed by atoms with Gasteiger partial charge < -0.3 is 9.88 Å². The van der Waals surface area contributed by atoms with Gasteiger partial charge in [-0.15, -0.1) is 0 Å². The lowest BCUT2D eigenvalue weighted by Crippen LogP contribution is -2.50. The summed E-state index contributed by atoms with van der Waals surface area (Å²) in [4.78, 5) is 34.2. The fourth-order valence-corrected chi connectivity index (χ4v) is 3.34. The molecule has 1 fully saturated rings. The van der Waals surface area contributed by atoms with Crippen molar-refractivity contribution >= 4 is 17.0 Å². The number of aromatic nitrogens is 7. The number of anilines is 1. The average molecular weight is 360 g/mol. The lowest BCUT2D eigenvalue weighted by Gasteiger charge is -2.40. The summed E-state index contributed by atoms with van der Waals surface area (Å²) in [5.41, 5.74) is 3.03. The van der Waals surface area contributed by atoms with Crippen LogP contribution in [0.2, 0.25) is 0 Å². The second-order valence-corrected chi connectivity index (χ2v) is 6.55. The van der Waals surface area contributed by atoms with Crippen LogP contribution in [-0.2, 0) is 6.54 Å². The number of nitrogens with zero attached hydrogens (tertiary/aromatic N) is 7. The van der Waals surface area contributed by atoms with Gasteiger partial charge >= 0.3 is 0 Å². The Labute approximate surface area is 153 Å². The third-order valence-electron chi connectivity index (χ3n) is 4.71. The molecule has 9 nitrogen and oxygen atoms in total. The molecule has 1 aliphatic rings. The molecule has 0 aromatic carbocycles. The molecule has 1 aliphatic heterocycles. The van der Waals surface area contributed by atoms with Crippen molar-refractivity contribution in [2.75, 3.05) is 18.0 Å². The maximum absolute atomic E-state index is 12.2. The number of rotatable bonds is 4. The van der Waals surface area contributed by atoms with Crippen LogP contribution < -0.4 is 10.5 Å². The molecule has 5 rings (SSSR count). The molecule has 0 saturated carbocycles. The molecule has 0 bridgehead atoms. The minimum atomic E-state index is -0.0981. The van der Waals surface area contributed by atoms with Crippen LogP contribution in [0.1, 0.15) is 0 Å². The lowest BCUT2D eigenvalue weighted by atomic mass is 10.00. The second kappa shape index (κ2) is 6.27. The quantitative estimate of drug-likeness (QED) is 0.581. The first-order valence-corrected chi connectivity index (χ1v) is 8.65. The summed E-state index contributed by atoms with van der Waals surface area (Å²) < 4.78 is 1.54. The predicted molar refractivity (Wildman–Crippen MR) is 99.1 cm³/mol. The standard InChI is InChI=1S/C18H16N8O/c27-15-4-3-14(13-2-1-5-19-6-13)24-26(15)9-12-7-25(8-12)18-16-17(21-10-20-16)22-11-23-18/h1-6,10-12H,7-9H2,(H,20,21,22,23). The van der Waals surface area contributed by atoms with Crippen molar-refractivity contribution in [3.05, 3.63) is 59.7 Å². The molecule has 9 heteroatoms. The molecule has 0 atom stereocenters. The first kappa shape index (κ1) is 15.6. The summed E-state index contributed by atoms with van der Waals surface area (Å²) in [7, 11) is 0. The van der Waals surface area contributed by atoms with E-state index in [1.165, 1.54) is 11.0 Å². The van der Waals surface area contributed by atoms with E-state index in [1.807, 2.05) is 12.1 Å². The molecule has 5 heterocycles. The van der Waals surface area contributed by atoms with Crippen LogP contribution >= 0.6 is 0 Å². The SMILES string of the molecule is O=c1ccc(-c2cccnc2)nn1CC1CN(c2ncnc3nc[nH]c23)C1. The molecule has 0 unspecified atom stereocenters. The van der Waals surface area contributed by atoms with Gasteiger partial charge in [-0.05, 0) is 18.2 Å². The Morgan fingerprint density at radius 2 is 2.07 bits per heavy atom. The number of fused-ring (bicyclic) bond motifs is 1. The number of aromatic amines is 1. The highest BCUT2D eigenvalue weighted by molar-refractivity contribution is 5.83. The van der Waals surface area contributed by atoms with Gasteiger partial charge in [0.05, 0.1) is 18.6 Å². The van der Waals surface area contributed by atoms with Crippen LogP contribution in [0.3, 0.4) is 0 Å². The van der Waals surface area contributed by atoms with Gasteiger partial charge in [0.15, 0.2) is 11.5 Å². The van der Waals surface area contributed by atoms with Gasteiger partial charge in [0.25, 0.3) is 5.56 Å². The molecule has 4 aromatic rings. The summed E-state index contributed by atoms with van der Waals surface area (Å²) in [6.07, 6.45) is 6.60. The molecule has 27 heavy (non-hydrogen) atoms. The van der Waals surface area contributed by atoms with Crippen LogP contribution in [0.15, 0.2) is 54.1 Å². The van der Waals surface area contributed by atoms with Crippen LogP contribution in [0.5, 0.6) is 0 Å². The minimum Gasteiger partial charge on any atom is -0.354 e. The highest BCUT2D eigenvalue weighted by atomic mass is 16.1. The maximum atomic E-state index is 12.2. The minimum absolute atomic E-state index is 0.0981. The fourth-order valence-electron chi connectivity index (χ4n) is 3.34. The zero-order valence-corrected chi connectivity index (χ0v) is 14.4. The van der Waals surface area contributed by atoms with E-state index >= 15 is 0 Å². The smallest absolute Gasteiger partial charge is 0.266 e. The van der Waals surface area contributed by atoms with Crippen molar-refractivity contribution in [3.63, 3.8) is 0 Å². The number of H-pyrrole nitrogens is 1. The van der Waals surface area contributed by atoms with Gasteiger partial charge in [-0.2, -0.15) is 5.10 Å². The Morgan fingerprint density at radius 1 is 1.15 bits per heavy atom.